The van der Waals surface area contributed by atoms with E-state index < -0.39 is 0 Å². The second-order valence-electron chi connectivity index (χ2n) is 5.30. The minimum absolute atomic E-state index is 0.00194. The van der Waals surface area contributed by atoms with Gasteiger partial charge in [-0.25, -0.2) is 0 Å². The van der Waals surface area contributed by atoms with Crippen LogP contribution in [0, 0.1) is 12.8 Å². The van der Waals surface area contributed by atoms with Crippen LogP contribution in [-0.4, -0.2) is 19.1 Å². The van der Waals surface area contributed by atoms with E-state index in [2.05, 4.69) is 19.2 Å². The van der Waals surface area contributed by atoms with Crippen molar-refractivity contribution in [2.75, 3.05) is 13.2 Å². The van der Waals surface area contributed by atoms with Crippen molar-refractivity contribution >= 4 is 5.91 Å². The Balaban J connectivity index is 2.51. The van der Waals surface area contributed by atoms with Crippen molar-refractivity contribution in [3.8, 4) is 5.75 Å². The number of hydrogen-bond acceptors (Lipinski definition) is 3. The van der Waals surface area contributed by atoms with Gasteiger partial charge in [-0.15, -0.1) is 0 Å². The van der Waals surface area contributed by atoms with Crippen molar-refractivity contribution in [1.29, 1.82) is 0 Å². The van der Waals surface area contributed by atoms with E-state index in [0.717, 1.165) is 16.9 Å². The Morgan fingerprint density at radius 3 is 2.58 bits per heavy atom. The Bertz CT molecular complexity index is 428. The molecule has 0 saturated heterocycles. The van der Waals surface area contributed by atoms with Gasteiger partial charge >= 0.3 is 0 Å². The molecule has 4 nitrogen and oxygen atoms in total. The van der Waals surface area contributed by atoms with Crippen LogP contribution in [0.2, 0.25) is 0 Å². The van der Waals surface area contributed by atoms with Crippen LogP contribution in [0.25, 0.3) is 0 Å². The molecule has 19 heavy (non-hydrogen) atoms. The Morgan fingerprint density at radius 1 is 1.37 bits per heavy atom. The molecule has 1 aromatic carbocycles. The molecule has 1 rings (SSSR count). The fraction of sp³-hybridized carbons (Fsp3) is 0.533. The highest BCUT2D eigenvalue weighted by Gasteiger charge is 2.07. The molecule has 1 aromatic rings. The van der Waals surface area contributed by atoms with Crippen LogP contribution in [0.4, 0.5) is 0 Å². The van der Waals surface area contributed by atoms with Crippen LogP contribution in [0.3, 0.4) is 0 Å². The van der Waals surface area contributed by atoms with Gasteiger partial charge in [-0.05, 0) is 37.0 Å². The number of ether oxygens (including phenoxy) is 1. The van der Waals surface area contributed by atoms with Crippen LogP contribution in [0.5, 0.6) is 5.75 Å². The lowest BCUT2D eigenvalue weighted by molar-refractivity contribution is -0.123. The Labute approximate surface area is 115 Å². The molecule has 0 aromatic heterocycles. The lowest BCUT2D eigenvalue weighted by Crippen LogP contribution is -2.31. The molecule has 0 spiro atoms. The summed E-state index contributed by atoms with van der Waals surface area (Å²) in [6.07, 6.45) is 0. The van der Waals surface area contributed by atoms with Crippen LogP contribution in [0.15, 0.2) is 18.2 Å². The Morgan fingerprint density at radius 2 is 2.05 bits per heavy atom. The molecule has 0 radical (unpaired) electrons. The van der Waals surface area contributed by atoms with Gasteiger partial charge in [0, 0.05) is 12.6 Å². The van der Waals surface area contributed by atoms with Gasteiger partial charge in [-0.1, -0.05) is 26.0 Å². The fourth-order valence-electron chi connectivity index (χ4n) is 1.63. The van der Waals surface area contributed by atoms with Crippen molar-refractivity contribution in [2.45, 2.75) is 33.7 Å². The minimum atomic E-state index is -0.0932. The predicted molar refractivity (Wildman–Crippen MR) is 77.1 cm³/mol. The minimum Gasteiger partial charge on any atom is -0.484 e. The molecule has 1 amide bonds. The molecular formula is C15H24N2O2. The third-order valence-electron chi connectivity index (χ3n) is 2.79. The van der Waals surface area contributed by atoms with Gasteiger partial charge in [-0.2, -0.15) is 0 Å². The lowest BCUT2D eigenvalue weighted by Gasteiger charge is -2.13. The topological polar surface area (TPSA) is 64.3 Å². The van der Waals surface area contributed by atoms with E-state index in [9.17, 15) is 4.79 Å². The molecule has 0 aliphatic heterocycles. The standard InChI is InChI=1S/C15H24N2O2/c1-10(2)8-17-15(18)9-19-14-6-5-13(12(4)16)7-11(14)3/h5-7,10,12H,8-9,16H2,1-4H3,(H,17,18)/t12-/m0/s1. The molecule has 0 aliphatic carbocycles. The quantitative estimate of drug-likeness (QED) is 0.827. The zero-order chi connectivity index (χ0) is 14.4. The Hall–Kier alpha value is -1.55. The number of nitrogens with two attached hydrogens (primary N) is 1. The fourth-order valence-corrected chi connectivity index (χ4v) is 1.63. The molecule has 0 unspecified atom stereocenters. The summed E-state index contributed by atoms with van der Waals surface area (Å²) < 4.78 is 5.51. The van der Waals surface area contributed by atoms with E-state index in [-0.39, 0.29) is 18.6 Å². The number of amides is 1. The molecule has 0 fully saturated rings. The molecule has 0 heterocycles. The van der Waals surface area contributed by atoms with Gasteiger partial charge in [0.1, 0.15) is 5.75 Å². The van der Waals surface area contributed by atoms with E-state index >= 15 is 0 Å². The van der Waals surface area contributed by atoms with Gasteiger partial charge in [0.15, 0.2) is 6.61 Å². The number of carbonyl (C=O) groups excluding carboxylic acids is 1. The smallest absolute Gasteiger partial charge is 0.257 e. The number of aryl methyl sites for hydroxylation is 1. The summed E-state index contributed by atoms with van der Waals surface area (Å²) in [7, 11) is 0. The molecule has 106 valence electrons. The normalized spacial score (nSPS) is 12.3. The van der Waals surface area contributed by atoms with E-state index in [1.165, 1.54) is 0 Å². The number of benzene rings is 1. The molecule has 0 aliphatic rings. The number of nitrogens with one attached hydrogen (secondary N) is 1. The molecule has 0 bridgehead atoms. The van der Waals surface area contributed by atoms with Gasteiger partial charge in [0.2, 0.25) is 0 Å². The summed E-state index contributed by atoms with van der Waals surface area (Å²) in [5.74, 6) is 1.07. The van der Waals surface area contributed by atoms with Crippen molar-refractivity contribution in [2.24, 2.45) is 11.7 Å². The molecule has 1 atom stereocenters. The first-order valence-electron chi connectivity index (χ1n) is 6.65. The van der Waals surface area contributed by atoms with Gasteiger partial charge < -0.3 is 15.8 Å². The van der Waals surface area contributed by atoms with Crippen molar-refractivity contribution in [1.82, 2.24) is 5.32 Å². The lowest BCUT2D eigenvalue weighted by atomic mass is 10.1. The zero-order valence-corrected chi connectivity index (χ0v) is 12.2. The monoisotopic (exact) mass is 264 g/mol. The highest BCUT2D eigenvalue weighted by atomic mass is 16.5. The summed E-state index contributed by atoms with van der Waals surface area (Å²) in [6, 6.07) is 5.79. The summed E-state index contributed by atoms with van der Waals surface area (Å²) >= 11 is 0. The molecule has 4 heteroatoms. The average Bonchev–Trinajstić information content (AvgIpc) is 2.34. The third kappa shape index (κ3) is 5.30. The summed E-state index contributed by atoms with van der Waals surface area (Å²) in [5.41, 5.74) is 7.87. The van der Waals surface area contributed by atoms with E-state index in [1.807, 2.05) is 32.0 Å². The largest absolute Gasteiger partial charge is 0.484 e. The van der Waals surface area contributed by atoms with E-state index in [4.69, 9.17) is 10.5 Å². The second kappa shape index (κ2) is 7.14. The van der Waals surface area contributed by atoms with Gasteiger partial charge in [-0.3, -0.25) is 4.79 Å². The molecule has 0 saturated carbocycles. The third-order valence-corrected chi connectivity index (χ3v) is 2.79. The second-order valence-corrected chi connectivity index (χ2v) is 5.30. The van der Waals surface area contributed by atoms with Crippen molar-refractivity contribution in [3.63, 3.8) is 0 Å². The van der Waals surface area contributed by atoms with Crippen LogP contribution < -0.4 is 15.8 Å². The maximum absolute atomic E-state index is 11.6. The highest BCUT2D eigenvalue weighted by molar-refractivity contribution is 5.77. The molecule has 3 N–H and O–H groups in total. The van der Waals surface area contributed by atoms with Crippen molar-refractivity contribution < 1.29 is 9.53 Å². The summed E-state index contributed by atoms with van der Waals surface area (Å²) in [5, 5.41) is 2.82. The highest BCUT2D eigenvalue weighted by Crippen LogP contribution is 2.21. The molecular weight excluding hydrogens is 240 g/mol. The maximum atomic E-state index is 11.6. The number of rotatable bonds is 6. The van der Waals surface area contributed by atoms with Crippen molar-refractivity contribution in [3.05, 3.63) is 29.3 Å². The summed E-state index contributed by atoms with van der Waals surface area (Å²) in [4.78, 5) is 11.6. The maximum Gasteiger partial charge on any atom is 0.257 e. The SMILES string of the molecule is Cc1cc([C@H](C)N)ccc1OCC(=O)NCC(C)C. The van der Waals surface area contributed by atoms with E-state index in [0.29, 0.717) is 12.5 Å². The first kappa shape index (κ1) is 15.5. The van der Waals surface area contributed by atoms with E-state index in [1.54, 1.807) is 0 Å². The predicted octanol–water partition coefficient (Wildman–Crippen LogP) is 2.17. The van der Waals surface area contributed by atoms with Crippen LogP contribution in [-0.2, 0) is 4.79 Å². The number of carbonyl (C=O) groups is 1. The Kier molecular flexibility index (Phi) is 5.83. The van der Waals surface area contributed by atoms with Crippen LogP contribution in [0.1, 0.15) is 37.9 Å². The first-order chi connectivity index (χ1) is 8.90. The van der Waals surface area contributed by atoms with Gasteiger partial charge in [0.25, 0.3) is 5.91 Å². The summed E-state index contributed by atoms with van der Waals surface area (Å²) in [6.45, 7) is 8.72. The average molecular weight is 264 g/mol. The van der Waals surface area contributed by atoms with Gasteiger partial charge in [0.05, 0.1) is 0 Å². The zero-order valence-electron chi connectivity index (χ0n) is 12.2. The number of hydrogen-bond donors (Lipinski definition) is 2. The van der Waals surface area contributed by atoms with Crippen LogP contribution >= 0.6 is 0 Å². The first-order valence-corrected chi connectivity index (χ1v) is 6.65.